The molecule has 0 radical (unpaired) electrons. The van der Waals surface area contributed by atoms with Gasteiger partial charge in [0, 0.05) is 53.7 Å². The fraction of sp³-hybridized carbons (Fsp3) is 0.739. The largest absolute Gasteiger partial charge is 0.357 e. The van der Waals surface area contributed by atoms with Gasteiger partial charge in [-0.05, 0) is 50.7 Å². The van der Waals surface area contributed by atoms with Crippen molar-refractivity contribution in [2.75, 3.05) is 30.3 Å². The van der Waals surface area contributed by atoms with Crippen molar-refractivity contribution in [3.05, 3.63) is 23.9 Å². The molecule has 1 saturated carbocycles. The van der Waals surface area contributed by atoms with E-state index in [0.717, 1.165) is 68.4 Å². The molecule has 0 bridgehead atoms. The molecular formula is C23H39N5OS. The van der Waals surface area contributed by atoms with E-state index in [-0.39, 0.29) is 0 Å². The fourth-order valence-corrected chi connectivity index (χ4v) is 5.78. The lowest BCUT2D eigenvalue weighted by Crippen LogP contribution is -2.46. The van der Waals surface area contributed by atoms with Crippen LogP contribution in [0.15, 0.2) is 23.3 Å². The molecule has 2 heterocycles. The first-order valence-corrected chi connectivity index (χ1v) is 13.2. The molecule has 168 valence electrons. The van der Waals surface area contributed by atoms with E-state index in [1.165, 1.54) is 25.7 Å². The van der Waals surface area contributed by atoms with Crippen LogP contribution in [0.5, 0.6) is 0 Å². The maximum atomic E-state index is 12.2. The lowest BCUT2D eigenvalue weighted by Gasteiger charge is -2.30. The van der Waals surface area contributed by atoms with Gasteiger partial charge in [-0.25, -0.2) is 9.98 Å². The fourth-order valence-electron chi connectivity index (χ4n) is 4.43. The average molecular weight is 434 g/mol. The molecule has 2 aliphatic rings. The monoisotopic (exact) mass is 433 g/mol. The van der Waals surface area contributed by atoms with Crippen molar-refractivity contribution >= 4 is 22.6 Å². The molecule has 2 fully saturated rings. The molecule has 3 rings (SSSR count). The maximum absolute atomic E-state index is 12.2. The predicted octanol–water partition coefficient (Wildman–Crippen LogP) is 3.60. The average Bonchev–Trinajstić information content (AvgIpc) is 3.07. The van der Waals surface area contributed by atoms with Gasteiger partial charge in [-0.2, -0.15) is 0 Å². The number of nitrogens with one attached hydrogen (secondary N) is 2. The quantitative estimate of drug-likeness (QED) is 0.508. The number of aliphatic imine (C=N–C) groups is 1. The van der Waals surface area contributed by atoms with Gasteiger partial charge in [0.1, 0.15) is 5.82 Å². The Kier molecular flexibility index (Phi) is 9.43. The molecule has 3 unspecified atom stereocenters. The highest BCUT2D eigenvalue weighted by atomic mass is 32.2. The molecule has 2 N–H and O–H groups in total. The summed E-state index contributed by atoms with van der Waals surface area (Å²) in [5.74, 6) is 2.69. The van der Waals surface area contributed by atoms with E-state index in [4.69, 9.17) is 9.98 Å². The van der Waals surface area contributed by atoms with Crippen molar-refractivity contribution in [1.29, 1.82) is 0 Å². The smallest absolute Gasteiger partial charge is 0.191 e. The summed E-state index contributed by atoms with van der Waals surface area (Å²) in [6.45, 7) is 7.78. The Morgan fingerprint density at radius 2 is 1.97 bits per heavy atom. The summed E-state index contributed by atoms with van der Waals surface area (Å²) in [6, 6.07) is 4.64. The van der Waals surface area contributed by atoms with Gasteiger partial charge >= 0.3 is 0 Å². The Morgan fingerprint density at radius 3 is 2.63 bits per heavy atom. The topological polar surface area (TPSA) is 69.6 Å². The zero-order valence-corrected chi connectivity index (χ0v) is 19.6. The van der Waals surface area contributed by atoms with Crippen molar-refractivity contribution in [3.8, 4) is 0 Å². The highest BCUT2D eigenvalue weighted by Gasteiger charge is 2.26. The highest BCUT2D eigenvalue weighted by Crippen LogP contribution is 2.23. The molecule has 1 aliphatic heterocycles. The van der Waals surface area contributed by atoms with Gasteiger partial charge in [0.2, 0.25) is 0 Å². The molecule has 7 heteroatoms. The minimum atomic E-state index is -0.704. The molecule has 6 nitrogen and oxygen atoms in total. The van der Waals surface area contributed by atoms with E-state index in [9.17, 15) is 4.21 Å². The van der Waals surface area contributed by atoms with Crippen LogP contribution in [0.4, 0.5) is 5.82 Å². The number of hydrogen-bond acceptors (Lipinski definition) is 4. The SMILES string of the molecule is CCNC(=NCc1ccc(N2CCCCCC2)nc1)NC1CCCC(S(=O)CC)C1. The van der Waals surface area contributed by atoms with E-state index < -0.39 is 10.8 Å². The zero-order chi connectivity index (χ0) is 21.2. The number of guanidine groups is 1. The van der Waals surface area contributed by atoms with Crippen LogP contribution in [0.3, 0.4) is 0 Å². The van der Waals surface area contributed by atoms with Crippen molar-refractivity contribution in [3.63, 3.8) is 0 Å². The summed E-state index contributed by atoms with van der Waals surface area (Å²) in [5, 5.41) is 7.26. The number of pyridine rings is 1. The minimum Gasteiger partial charge on any atom is -0.357 e. The summed E-state index contributed by atoms with van der Waals surface area (Å²) in [6.07, 6.45) is 11.5. The molecule has 0 aromatic carbocycles. The third-order valence-corrected chi connectivity index (χ3v) is 7.87. The summed E-state index contributed by atoms with van der Waals surface area (Å²) in [5.41, 5.74) is 1.12. The van der Waals surface area contributed by atoms with E-state index in [0.29, 0.717) is 17.8 Å². The lowest BCUT2D eigenvalue weighted by molar-refractivity contribution is 0.413. The van der Waals surface area contributed by atoms with Gasteiger partial charge in [-0.3, -0.25) is 4.21 Å². The van der Waals surface area contributed by atoms with Crippen LogP contribution >= 0.6 is 0 Å². The summed E-state index contributed by atoms with van der Waals surface area (Å²) in [4.78, 5) is 11.9. The van der Waals surface area contributed by atoms with Gasteiger partial charge in [0.15, 0.2) is 5.96 Å². The summed E-state index contributed by atoms with van der Waals surface area (Å²) < 4.78 is 12.2. The van der Waals surface area contributed by atoms with E-state index in [1.54, 1.807) is 0 Å². The van der Waals surface area contributed by atoms with Gasteiger partial charge in [0.05, 0.1) is 6.54 Å². The Hall–Kier alpha value is -1.63. The van der Waals surface area contributed by atoms with Crippen LogP contribution in [0.1, 0.15) is 70.8 Å². The maximum Gasteiger partial charge on any atom is 0.191 e. The van der Waals surface area contributed by atoms with E-state index in [2.05, 4.69) is 34.6 Å². The zero-order valence-electron chi connectivity index (χ0n) is 18.7. The van der Waals surface area contributed by atoms with Gasteiger partial charge in [-0.1, -0.05) is 32.3 Å². The standard InChI is InChI=1S/C23H39N5OS/c1-3-24-23(27-20-10-9-11-21(16-20)30(29)4-2)26-18-19-12-13-22(25-17-19)28-14-7-5-6-8-15-28/h12-13,17,20-21H,3-11,14-16,18H2,1-2H3,(H2,24,26,27). The highest BCUT2D eigenvalue weighted by molar-refractivity contribution is 7.85. The Bertz CT molecular complexity index is 685. The first-order chi connectivity index (χ1) is 14.7. The molecular weight excluding hydrogens is 394 g/mol. The minimum absolute atomic E-state index is 0.319. The van der Waals surface area contributed by atoms with Crippen molar-refractivity contribution in [2.24, 2.45) is 4.99 Å². The number of nitrogens with zero attached hydrogens (tertiary/aromatic N) is 3. The lowest BCUT2D eigenvalue weighted by atomic mass is 9.95. The third kappa shape index (κ3) is 6.96. The Balaban J connectivity index is 1.56. The summed E-state index contributed by atoms with van der Waals surface area (Å²) in [7, 11) is -0.704. The van der Waals surface area contributed by atoms with Crippen molar-refractivity contribution in [1.82, 2.24) is 15.6 Å². The number of aromatic nitrogens is 1. The molecule has 0 amide bonds. The molecule has 1 aromatic rings. The van der Waals surface area contributed by atoms with E-state index in [1.807, 2.05) is 13.1 Å². The number of anilines is 1. The Labute approximate surface area is 184 Å². The third-order valence-electron chi connectivity index (χ3n) is 6.13. The molecule has 1 saturated heterocycles. The second-order valence-electron chi connectivity index (χ2n) is 8.42. The molecule has 30 heavy (non-hydrogen) atoms. The van der Waals surface area contributed by atoms with Crippen LogP contribution in [0, 0.1) is 0 Å². The first-order valence-electron chi connectivity index (χ1n) is 11.8. The first kappa shape index (κ1) is 23.0. The normalized spacial score (nSPS) is 24.2. The molecule has 3 atom stereocenters. The van der Waals surface area contributed by atoms with Crippen molar-refractivity contribution < 1.29 is 4.21 Å². The summed E-state index contributed by atoms with van der Waals surface area (Å²) >= 11 is 0. The number of hydrogen-bond donors (Lipinski definition) is 2. The molecule has 1 aromatic heterocycles. The molecule has 1 aliphatic carbocycles. The second-order valence-corrected chi connectivity index (χ2v) is 10.4. The van der Waals surface area contributed by atoms with Gasteiger partial charge in [0.25, 0.3) is 0 Å². The van der Waals surface area contributed by atoms with Crippen LogP contribution in [-0.2, 0) is 17.3 Å². The van der Waals surface area contributed by atoms with Crippen LogP contribution in [0.2, 0.25) is 0 Å². The van der Waals surface area contributed by atoms with Crippen LogP contribution in [-0.4, -0.2) is 51.8 Å². The van der Waals surface area contributed by atoms with E-state index >= 15 is 0 Å². The van der Waals surface area contributed by atoms with Crippen LogP contribution < -0.4 is 15.5 Å². The van der Waals surface area contributed by atoms with Crippen LogP contribution in [0.25, 0.3) is 0 Å². The van der Waals surface area contributed by atoms with Gasteiger partial charge in [-0.15, -0.1) is 0 Å². The Morgan fingerprint density at radius 1 is 1.17 bits per heavy atom. The van der Waals surface area contributed by atoms with Gasteiger partial charge < -0.3 is 15.5 Å². The number of rotatable bonds is 7. The predicted molar refractivity (Wildman–Crippen MR) is 128 cm³/mol. The second kappa shape index (κ2) is 12.3. The molecule has 0 spiro atoms. The van der Waals surface area contributed by atoms with Crippen molar-refractivity contribution in [2.45, 2.75) is 83.1 Å².